The largest absolute Gasteiger partial charge is 0.438 e. The monoisotopic (exact) mass is 376 g/mol. The van der Waals surface area contributed by atoms with Crippen molar-refractivity contribution in [3.8, 4) is 11.6 Å². The van der Waals surface area contributed by atoms with Crippen LogP contribution in [0.4, 0.5) is 4.39 Å². The van der Waals surface area contributed by atoms with E-state index in [9.17, 15) is 4.39 Å². The van der Waals surface area contributed by atoms with Crippen LogP contribution in [0.3, 0.4) is 0 Å². The van der Waals surface area contributed by atoms with Crippen molar-refractivity contribution in [2.45, 2.75) is 12.3 Å². The third kappa shape index (κ3) is 2.59. The van der Waals surface area contributed by atoms with Crippen LogP contribution in [0.25, 0.3) is 0 Å². The van der Waals surface area contributed by atoms with Gasteiger partial charge in [0.1, 0.15) is 11.6 Å². The molecule has 3 nitrogen and oxygen atoms in total. The smallest absolute Gasteiger partial charge is 0.221 e. The van der Waals surface area contributed by atoms with Gasteiger partial charge in [0.15, 0.2) is 0 Å². The van der Waals surface area contributed by atoms with Gasteiger partial charge < -0.3 is 4.74 Å². The van der Waals surface area contributed by atoms with E-state index in [0.29, 0.717) is 21.4 Å². The summed E-state index contributed by atoms with van der Waals surface area (Å²) < 4.78 is 21.0. The fraction of sp³-hybridized carbons (Fsp3) is 0.250. The average Bonchev–Trinajstić information content (AvgIpc) is 2.57. The maximum absolute atomic E-state index is 13.0. The van der Waals surface area contributed by atoms with Crippen LogP contribution in [-0.4, -0.2) is 9.78 Å². The lowest BCUT2D eigenvalue weighted by Gasteiger charge is -2.09. The third-order valence-electron chi connectivity index (χ3n) is 2.52. The maximum Gasteiger partial charge on any atom is 0.221 e. The van der Waals surface area contributed by atoms with Crippen molar-refractivity contribution in [2.24, 2.45) is 7.05 Å². The minimum atomic E-state index is -0.309. The van der Waals surface area contributed by atoms with Gasteiger partial charge in [-0.1, -0.05) is 15.9 Å². The molecule has 0 atom stereocenters. The lowest BCUT2D eigenvalue weighted by atomic mass is 10.3. The lowest BCUT2D eigenvalue weighted by molar-refractivity contribution is 0.424. The molecule has 1 aromatic carbocycles. The van der Waals surface area contributed by atoms with Crippen molar-refractivity contribution < 1.29 is 9.13 Å². The predicted octanol–water partition coefficient (Wildman–Crippen LogP) is 4.32. The Kier molecular flexibility index (Phi) is 4.07. The first-order valence-corrected chi connectivity index (χ1v) is 7.15. The molecule has 0 N–H and O–H groups in total. The van der Waals surface area contributed by atoms with E-state index in [1.54, 1.807) is 10.7 Å². The molecule has 0 aliphatic rings. The second-order valence-electron chi connectivity index (χ2n) is 3.80. The van der Waals surface area contributed by atoms with Crippen LogP contribution < -0.4 is 4.74 Å². The van der Waals surface area contributed by atoms with Crippen molar-refractivity contribution in [3.05, 3.63) is 39.7 Å². The standard InChI is InChI=1S/C12H11Br2FN2O/c1-7-9(6-13)12(17(2)16-7)18-11-4-3-8(15)5-10(11)14/h3-5H,6H2,1-2H3. The highest BCUT2D eigenvalue weighted by Gasteiger charge is 2.15. The van der Waals surface area contributed by atoms with Crippen LogP contribution in [0.2, 0.25) is 0 Å². The molecule has 0 unspecified atom stereocenters. The first-order chi connectivity index (χ1) is 8.52. The molecule has 1 heterocycles. The van der Waals surface area contributed by atoms with E-state index in [1.807, 2.05) is 14.0 Å². The van der Waals surface area contributed by atoms with Crippen molar-refractivity contribution in [1.29, 1.82) is 0 Å². The molecule has 6 heteroatoms. The molecule has 2 rings (SSSR count). The highest BCUT2D eigenvalue weighted by molar-refractivity contribution is 9.10. The average molecular weight is 378 g/mol. The molecule has 0 fully saturated rings. The maximum atomic E-state index is 13.0. The van der Waals surface area contributed by atoms with Crippen LogP contribution in [0, 0.1) is 12.7 Å². The summed E-state index contributed by atoms with van der Waals surface area (Å²) in [5, 5.41) is 4.95. The predicted molar refractivity (Wildman–Crippen MR) is 74.8 cm³/mol. The number of alkyl halides is 1. The zero-order chi connectivity index (χ0) is 13.3. The van der Waals surface area contributed by atoms with Gasteiger partial charge in [-0.25, -0.2) is 9.07 Å². The second kappa shape index (κ2) is 5.40. The topological polar surface area (TPSA) is 27.1 Å². The summed E-state index contributed by atoms with van der Waals surface area (Å²) in [5.74, 6) is 0.898. The minimum absolute atomic E-state index is 0.309. The first kappa shape index (κ1) is 13.5. The number of halogens is 3. The molecule has 0 saturated carbocycles. The second-order valence-corrected chi connectivity index (χ2v) is 5.22. The summed E-state index contributed by atoms with van der Waals surface area (Å²) in [6.07, 6.45) is 0. The zero-order valence-corrected chi connectivity index (χ0v) is 13.0. The number of rotatable bonds is 3. The van der Waals surface area contributed by atoms with Crippen molar-refractivity contribution in [1.82, 2.24) is 9.78 Å². The van der Waals surface area contributed by atoms with E-state index in [1.165, 1.54) is 12.1 Å². The fourth-order valence-corrected chi connectivity index (χ4v) is 2.70. The summed E-state index contributed by atoms with van der Waals surface area (Å²) in [5.41, 5.74) is 1.89. The van der Waals surface area contributed by atoms with Gasteiger partial charge in [-0.3, -0.25) is 0 Å². The van der Waals surface area contributed by atoms with E-state index in [-0.39, 0.29) is 5.82 Å². The molecule has 0 radical (unpaired) electrons. The molecular weight excluding hydrogens is 367 g/mol. The van der Waals surface area contributed by atoms with E-state index in [0.717, 1.165) is 11.3 Å². The lowest BCUT2D eigenvalue weighted by Crippen LogP contribution is -1.97. The summed E-state index contributed by atoms with van der Waals surface area (Å²) in [4.78, 5) is 0. The Morgan fingerprint density at radius 1 is 1.44 bits per heavy atom. The molecule has 0 spiro atoms. The highest BCUT2D eigenvalue weighted by atomic mass is 79.9. The molecular formula is C12H11Br2FN2O. The molecule has 0 bridgehead atoms. The molecule has 0 amide bonds. The zero-order valence-electron chi connectivity index (χ0n) is 9.88. The van der Waals surface area contributed by atoms with Crippen molar-refractivity contribution in [2.75, 3.05) is 0 Å². The van der Waals surface area contributed by atoms with E-state index < -0.39 is 0 Å². The summed E-state index contributed by atoms with van der Waals surface area (Å²) >= 11 is 6.69. The number of aryl methyl sites for hydroxylation is 2. The van der Waals surface area contributed by atoms with Gasteiger partial charge in [0.25, 0.3) is 0 Å². The Bertz CT molecular complexity index is 584. The molecule has 0 saturated heterocycles. The normalized spacial score (nSPS) is 10.7. The van der Waals surface area contributed by atoms with E-state index in [2.05, 4.69) is 37.0 Å². The van der Waals surface area contributed by atoms with E-state index in [4.69, 9.17) is 4.74 Å². The van der Waals surface area contributed by atoms with Crippen LogP contribution in [-0.2, 0) is 12.4 Å². The Morgan fingerprint density at radius 3 is 2.78 bits per heavy atom. The van der Waals surface area contributed by atoms with Crippen molar-refractivity contribution >= 4 is 31.9 Å². The molecule has 1 aromatic heterocycles. The number of hydrogen-bond donors (Lipinski definition) is 0. The van der Waals surface area contributed by atoms with Gasteiger partial charge in [0, 0.05) is 17.9 Å². The SMILES string of the molecule is Cc1nn(C)c(Oc2ccc(F)cc2Br)c1CBr. The van der Waals surface area contributed by atoms with Gasteiger partial charge in [-0.15, -0.1) is 0 Å². The van der Waals surface area contributed by atoms with Gasteiger partial charge in [-0.05, 0) is 41.1 Å². The number of benzene rings is 1. The highest BCUT2D eigenvalue weighted by Crippen LogP contribution is 2.33. The molecule has 0 aliphatic heterocycles. The van der Waals surface area contributed by atoms with Crippen LogP contribution in [0.1, 0.15) is 11.3 Å². The number of aromatic nitrogens is 2. The van der Waals surface area contributed by atoms with Crippen LogP contribution >= 0.6 is 31.9 Å². The van der Waals surface area contributed by atoms with Crippen LogP contribution in [0.15, 0.2) is 22.7 Å². The van der Waals surface area contributed by atoms with E-state index >= 15 is 0 Å². The minimum Gasteiger partial charge on any atom is -0.438 e. The number of nitrogens with zero attached hydrogens (tertiary/aromatic N) is 2. The van der Waals surface area contributed by atoms with Crippen LogP contribution in [0.5, 0.6) is 11.6 Å². The first-order valence-electron chi connectivity index (χ1n) is 5.24. The van der Waals surface area contributed by atoms with Crippen molar-refractivity contribution in [3.63, 3.8) is 0 Å². The summed E-state index contributed by atoms with van der Waals surface area (Å²) in [6.45, 7) is 1.92. The Balaban J connectivity index is 2.39. The Hall–Kier alpha value is -0.880. The molecule has 18 heavy (non-hydrogen) atoms. The molecule has 2 aromatic rings. The summed E-state index contributed by atoms with van der Waals surface area (Å²) in [6, 6.07) is 4.31. The third-order valence-corrected chi connectivity index (χ3v) is 3.70. The van der Waals surface area contributed by atoms with Gasteiger partial charge in [-0.2, -0.15) is 5.10 Å². The summed E-state index contributed by atoms with van der Waals surface area (Å²) in [7, 11) is 1.81. The Morgan fingerprint density at radius 2 is 2.17 bits per heavy atom. The van der Waals surface area contributed by atoms with Gasteiger partial charge in [0.05, 0.1) is 10.2 Å². The number of hydrogen-bond acceptors (Lipinski definition) is 2. The number of ether oxygens (including phenoxy) is 1. The molecule has 0 aliphatic carbocycles. The molecule has 96 valence electrons. The quantitative estimate of drug-likeness (QED) is 0.745. The fourth-order valence-electron chi connectivity index (χ4n) is 1.62. The van der Waals surface area contributed by atoms with Gasteiger partial charge in [0.2, 0.25) is 5.88 Å². The Labute approximate surface area is 121 Å². The van der Waals surface area contributed by atoms with Gasteiger partial charge >= 0.3 is 0 Å².